The molecule has 0 aromatic rings. The van der Waals surface area contributed by atoms with Crippen LogP contribution in [0.15, 0.2) is 12.7 Å². The molecule has 6 heteroatoms. The molecule has 34 heavy (non-hydrogen) atoms. The predicted molar refractivity (Wildman–Crippen MR) is 141 cm³/mol. The van der Waals surface area contributed by atoms with Crippen molar-refractivity contribution >= 4 is 0 Å². The van der Waals surface area contributed by atoms with Gasteiger partial charge >= 0.3 is 0 Å². The molecule has 0 atom stereocenters. The van der Waals surface area contributed by atoms with Crippen molar-refractivity contribution in [3.63, 3.8) is 0 Å². The zero-order valence-corrected chi connectivity index (χ0v) is 22.4. The summed E-state index contributed by atoms with van der Waals surface area (Å²) in [6.07, 6.45) is 19.6. The van der Waals surface area contributed by atoms with Gasteiger partial charge in [0.1, 0.15) is 0 Å². The third-order valence-electron chi connectivity index (χ3n) is 5.49. The van der Waals surface area contributed by atoms with Crippen LogP contribution < -0.4 is 0 Å². The summed E-state index contributed by atoms with van der Waals surface area (Å²) in [4.78, 5) is 0. The Labute approximate surface area is 211 Å². The Morgan fingerprint density at radius 1 is 0.382 bits per heavy atom. The minimum Gasteiger partial charge on any atom is -0.379 e. The van der Waals surface area contributed by atoms with Crippen LogP contribution in [0.1, 0.15) is 90.4 Å². The Hall–Kier alpha value is -0.500. The van der Waals surface area contributed by atoms with Crippen molar-refractivity contribution in [1.82, 2.24) is 0 Å². The van der Waals surface area contributed by atoms with Crippen LogP contribution in [0, 0.1) is 0 Å². The first-order valence-corrected chi connectivity index (χ1v) is 14.0. The van der Waals surface area contributed by atoms with E-state index in [1.807, 2.05) is 0 Å². The van der Waals surface area contributed by atoms with Gasteiger partial charge in [0, 0.05) is 6.61 Å². The van der Waals surface area contributed by atoms with Crippen molar-refractivity contribution in [3.8, 4) is 0 Å². The van der Waals surface area contributed by atoms with E-state index in [0.29, 0.717) is 72.7 Å². The van der Waals surface area contributed by atoms with Gasteiger partial charge in [0.05, 0.1) is 72.7 Å². The first kappa shape index (κ1) is 33.5. The number of hydrogen-bond acceptors (Lipinski definition) is 6. The largest absolute Gasteiger partial charge is 0.379 e. The van der Waals surface area contributed by atoms with Crippen LogP contribution in [-0.4, -0.2) is 79.3 Å². The fourth-order valence-corrected chi connectivity index (χ4v) is 3.49. The summed E-state index contributed by atoms with van der Waals surface area (Å²) >= 11 is 0. The maximum atomic E-state index is 5.64. The van der Waals surface area contributed by atoms with E-state index in [9.17, 15) is 0 Å². The van der Waals surface area contributed by atoms with Gasteiger partial charge in [-0.25, -0.2) is 0 Å². The molecule has 0 aliphatic rings. The van der Waals surface area contributed by atoms with E-state index in [4.69, 9.17) is 28.4 Å². The summed E-state index contributed by atoms with van der Waals surface area (Å²) in [7, 11) is 0. The molecular formula is C28H56O6. The average molecular weight is 489 g/mol. The summed E-state index contributed by atoms with van der Waals surface area (Å²) in [5, 5.41) is 0. The molecule has 0 rings (SSSR count). The molecule has 0 N–H and O–H groups in total. The zero-order valence-electron chi connectivity index (χ0n) is 22.4. The van der Waals surface area contributed by atoms with Gasteiger partial charge in [0.25, 0.3) is 0 Å². The highest BCUT2D eigenvalue weighted by Crippen LogP contribution is 2.12. The number of unbranched alkanes of at least 4 members (excludes halogenated alkanes) is 12. The first-order valence-electron chi connectivity index (χ1n) is 14.0. The van der Waals surface area contributed by atoms with Crippen LogP contribution in [0.2, 0.25) is 0 Å². The quantitative estimate of drug-likeness (QED) is 0.0835. The SMILES string of the molecule is C=CCOCCOCCOCCOCCOCCOCCCCCCCCCCCCCCC. The van der Waals surface area contributed by atoms with E-state index in [0.717, 1.165) is 13.0 Å². The van der Waals surface area contributed by atoms with Gasteiger partial charge in [-0.1, -0.05) is 90.0 Å². The van der Waals surface area contributed by atoms with E-state index >= 15 is 0 Å². The lowest BCUT2D eigenvalue weighted by atomic mass is 10.0. The van der Waals surface area contributed by atoms with Crippen LogP contribution in [0.3, 0.4) is 0 Å². The van der Waals surface area contributed by atoms with Crippen molar-refractivity contribution in [1.29, 1.82) is 0 Å². The highest BCUT2D eigenvalue weighted by molar-refractivity contribution is 4.63. The number of hydrogen-bond donors (Lipinski definition) is 0. The van der Waals surface area contributed by atoms with Gasteiger partial charge in [0.2, 0.25) is 0 Å². The lowest BCUT2D eigenvalue weighted by molar-refractivity contribution is -0.0158. The van der Waals surface area contributed by atoms with Crippen LogP contribution in [0.5, 0.6) is 0 Å². The molecule has 204 valence electrons. The lowest BCUT2D eigenvalue weighted by Gasteiger charge is -2.08. The highest BCUT2D eigenvalue weighted by atomic mass is 16.6. The number of rotatable bonds is 31. The Balaban J connectivity index is 3.00. The maximum Gasteiger partial charge on any atom is 0.0704 e. The summed E-state index contributed by atoms with van der Waals surface area (Å²) in [6.45, 7) is 13.2. The monoisotopic (exact) mass is 488 g/mol. The second kappa shape index (κ2) is 32.5. The minimum atomic E-state index is 0.563. The molecule has 0 unspecified atom stereocenters. The van der Waals surface area contributed by atoms with Crippen LogP contribution in [0.4, 0.5) is 0 Å². The topological polar surface area (TPSA) is 55.4 Å². The third-order valence-corrected chi connectivity index (χ3v) is 5.49. The molecule has 0 spiro atoms. The Bertz CT molecular complexity index is 367. The Morgan fingerprint density at radius 3 is 1.03 bits per heavy atom. The molecule has 0 aromatic carbocycles. The molecule has 0 aliphatic heterocycles. The van der Waals surface area contributed by atoms with Gasteiger partial charge in [-0.05, 0) is 6.42 Å². The number of ether oxygens (including phenoxy) is 6. The molecule has 0 radical (unpaired) electrons. The molecule has 0 heterocycles. The van der Waals surface area contributed by atoms with Gasteiger partial charge in [-0.3, -0.25) is 0 Å². The van der Waals surface area contributed by atoms with Crippen molar-refractivity contribution < 1.29 is 28.4 Å². The summed E-state index contributed by atoms with van der Waals surface area (Å²) in [5.74, 6) is 0. The van der Waals surface area contributed by atoms with E-state index in [1.165, 1.54) is 77.0 Å². The zero-order chi connectivity index (χ0) is 24.6. The molecule has 0 saturated heterocycles. The molecule has 0 fully saturated rings. The van der Waals surface area contributed by atoms with Crippen molar-refractivity contribution in [2.24, 2.45) is 0 Å². The predicted octanol–water partition coefficient (Wildman–Crippen LogP) is 6.36. The highest BCUT2D eigenvalue weighted by Gasteiger charge is 1.96. The van der Waals surface area contributed by atoms with E-state index in [1.54, 1.807) is 6.08 Å². The standard InChI is InChI=1S/C28H56O6/c1-3-5-6-7-8-9-10-11-12-13-14-15-16-18-30-20-22-32-24-26-34-28-27-33-25-23-31-21-19-29-17-4-2/h4H,2-3,5-28H2,1H3. The normalized spacial score (nSPS) is 11.3. The van der Waals surface area contributed by atoms with Gasteiger partial charge in [-0.2, -0.15) is 0 Å². The smallest absolute Gasteiger partial charge is 0.0704 e. The van der Waals surface area contributed by atoms with Crippen LogP contribution in [0.25, 0.3) is 0 Å². The van der Waals surface area contributed by atoms with Crippen LogP contribution >= 0.6 is 0 Å². The summed E-state index contributed by atoms with van der Waals surface area (Å²) < 4.78 is 32.7. The van der Waals surface area contributed by atoms with E-state index in [2.05, 4.69) is 13.5 Å². The van der Waals surface area contributed by atoms with Gasteiger partial charge in [-0.15, -0.1) is 6.58 Å². The fourth-order valence-electron chi connectivity index (χ4n) is 3.49. The fraction of sp³-hybridized carbons (Fsp3) is 0.929. The lowest BCUT2D eigenvalue weighted by Crippen LogP contribution is -2.14. The second-order valence-electron chi connectivity index (χ2n) is 8.67. The van der Waals surface area contributed by atoms with E-state index < -0.39 is 0 Å². The molecule has 6 nitrogen and oxygen atoms in total. The molecule has 0 amide bonds. The van der Waals surface area contributed by atoms with Crippen molar-refractivity contribution in [2.75, 3.05) is 79.3 Å². The van der Waals surface area contributed by atoms with E-state index in [-0.39, 0.29) is 0 Å². The van der Waals surface area contributed by atoms with Gasteiger partial charge in [0.15, 0.2) is 0 Å². The Kier molecular flexibility index (Phi) is 32.0. The molecule has 0 saturated carbocycles. The van der Waals surface area contributed by atoms with Crippen LogP contribution in [-0.2, 0) is 28.4 Å². The molecular weight excluding hydrogens is 432 g/mol. The molecule has 0 aliphatic carbocycles. The van der Waals surface area contributed by atoms with Crippen molar-refractivity contribution in [2.45, 2.75) is 90.4 Å². The van der Waals surface area contributed by atoms with Crippen molar-refractivity contribution in [3.05, 3.63) is 12.7 Å². The second-order valence-corrected chi connectivity index (χ2v) is 8.67. The molecule has 0 aromatic heterocycles. The maximum absolute atomic E-state index is 5.64. The Morgan fingerprint density at radius 2 is 0.676 bits per heavy atom. The summed E-state index contributed by atoms with van der Waals surface area (Å²) in [6, 6.07) is 0. The molecule has 0 bridgehead atoms. The minimum absolute atomic E-state index is 0.563. The van der Waals surface area contributed by atoms with Gasteiger partial charge < -0.3 is 28.4 Å². The summed E-state index contributed by atoms with van der Waals surface area (Å²) in [5.41, 5.74) is 0. The third kappa shape index (κ3) is 31.5. The average Bonchev–Trinajstić information content (AvgIpc) is 2.85. The first-order chi connectivity index (χ1) is 16.9.